The molecule has 3 heteroatoms. The summed E-state index contributed by atoms with van der Waals surface area (Å²) >= 11 is 3.77. The number of carbonyl (C=O) groups is 1. The first kappa shape index (κ1) is 13.2. The van der Waals surface area contributed by atoms with Crippen molar-refractivity contribution in [3.8, 4) is 0 Å². The van der Waals surface area contributed by atoms with E-state index in [1.54, 1.807) is 0 Å². The number of rotatable bonds is 2. The molecule has 0 aliphatic rings. The zero-order valence-electron chi connectivity index (χ0n) is 8.60. The number of thiol groups is 1. The molecule has 0 aromatic heterocycles. The summed E-state index contributed by atoms with van der Waals surface area (Å²) in [6.45, 7) is 4.50. The van der Waals surface area contributed by atoms with E-state index in [0.29, 0.717) is 0 Å². The monoisotopic (exact) mass is 211 g/mol. The maximum absolute atomic E-state index is 10.8. The molecular weight excluding hydrogens is 194 g/mol. The van der Waals surface area contributed by atoms with Crippen LogP contribution in [0.15, 0.2) is 30.3 Å². The molecule has 0 saturated carbocycles. The molecule has 0 radical (unpaired) electrons. The van der Waals surface area contributed by atoms with Crippen LogP contribution in [-0.2, 0) is 4.79 Å². The van der Waals surface area contributed by atoms with Crippen molar-refractivity contribution in [1.29, 1.82) is 0 Å². The molecule has 0 fully saturated rings. The molecular formula is C11H17NOS. The predicted octanol–water partition coefficient (Wildman–Crippen LogP) is 2.21. The molecule has 0 heterocycles. The van der Waals surface area contributed by atoms with Crippen LogP contribution in [0, 0.1) is 0 Å². The van der Waals surface area contributed by atoms with Gasteiger partial charge in [0.05, 0.1) is 5.92 Å². The second-order valence-electron chi connectivity index (χ2n) is 2.88. The molecule has 1 atom stereocenters. The fraction of sp³-hybridized carbons (Fsp3) is 0.364. The van der Waals surface area contributed by atoms with Gasteiger partial charge >= 0.3 is 0 Å². The highest BCUT2D eigenvalue weighted by atomic mass is 32.1. The van der Waals surface area contributed by atoms with Crippen LogP contribution in [0.25, 0.3) is 0 Å². The Hall–Kier alpha value is -0.800. The maximum atomic E-state index is 10.8. The predicted molar refractivity (Wildman–Crippen MR) is 63.6 cm³/mol. The quantitative estimate of drug-likeness (QED) is 0.737. The number of carbonyl (C=O) groups excluding carboxylic acids is 1. The Labute approximate surface area is 90.9 Å². The first-order valence-electron chi connectivity index (χ1n) is 4.61. The largest absolute Gasteiger partial charge is 0.331 e. The second-order valence-corrected chi connectivity index (χ2v) is 3.32. The minimum absolute atomic E-state index is 0.0869. The van der Waals surface area contributed by atoms with E-state index in [4.69, 9.17) is 5.73 Å². The van der Waals surface area contributed by atoms with Gasteiger partial charge in [-0.15, -0.1) is 12.6 Å². The lowest BCUT2D eigenvalue weighted by atomic mass is 10.0. The highest BCUT2D eigenvalue weighted by molar-refractivity contribution is 7.96. The van der Waals surface area contributed by atoms with E-state index >= 15 is 0 Å². The minimum atomic E-state index is -0.0977. The normalized spacial score (nSPS) is 11.1. The molecule has 0 amide bonds. The lowest BCUT2D eigenvalue weighted by Gasteiger charge is -2.05. The Kier molecular flexibility index (Phi) is 7.16. The van der Waals surface area contributed by atoms with E-state index < -0.39 is 0 Å². The first-order chi connectivity index (χ1) is 6.63. The fourth-order valence-electron chi connectivity index (χ4n) is 0.884. The molecule has 2 nitrogen and oxygen atoms in total. The third kappa shape index (κ3) is 5.04. The van der Waals surface area contributed by atoms with Crippen molar-refractivity contribution >= 4 is 17.7 Å². The molecule has 78 valence electrons. The molecule has 14 heavy (non-hydrogen) atoms. The molecule has 2 N–H and O–H groups in total. The van der Waals surface area contributed by atoms with Crippen molar-refractivity contribution in [2.24, 2.45) is 5.73 Å². The van der Waals surface area contributed by atoms with E-state index in [9.17, 15) is 4.79 Å². The fourth-order valence-corrected chi connectivity index (χ4v) is 1.03. The summed E-state index contributed by atoms with van der Waals surface area (Å²) in [5.74, 6) is -0.0977. The summed E-state index contributed by atoms with van der Waals surface area (Å²) in [6, 6.07) is 9.63. The van der Waals surface area contributed by atoms with Gasteiger partial charge in [-0.2, -0.15) is 0 Å². The summed E-state index contributed by atoms with van der Waals surface area (Å²) in [7, 11) is 0. The van der Waals surface area contributed by atoms with Gasteiger partial charge in [-0.3, -0.25) is 4.79 Å². The zero-order chi connectivity index (χ0) is 11.0. The van der Waals surface area contributed by atoms with Gasteiger partial charge < -0.3 is 5.73 Å². The highest BCUT2D eigenvalue weighted by Gasteiger charge is 2.09. The molecule has 0 saturated heterocycles. The Morgan fingerprint density at radius 1 is 1.43 bits per heavy atom. The van der Waals surface area contributed by atoms with Gasteiger partial charge in [0.15, 0.2) is 5.12 Å². The molecule has 0 aliphatic heterocycles. The Bertz CT molecular complexity index is 261. The van der Waals surface area contributed by atoms with Gasteiger partial charge in [-0.25, -0.2) is 0 Å². The van der Waals surface area contributed by atoms with Gasteiger partial charge in [0.2, 0.25) is 0 Å². The molecule has 1 unspecified atom stereocenters. The van der Waals surface area contributed by atoms with Crippen molar-refractivity contribution in [3.05, 3.63) is 35.9 Å². The van der Waals surface area contributed by atoms with Gasteiger partial charge in [0, 0.05) is 0 Å². The summed E-state index contributed by atoms with van der Waals surface area (Å²) in [5.41, 5.74) is 5.87. The molecule has 1 aromatic carbocycles. The minimum Gasteiger partial charge on any atom is -0.331 e. The van der Waals surface area contributed by atoms with Crippen LogP contribution in [0.5, 0.6) is 0 Å². The van der Waals surface area contributed by atoms with E-state index in [-0.39, 0.29) is 11.0 Å². The Morgan fingerprint density at radius 2 is 1.86 bits per heavy atom. The van der Waals surface area contributed by atoms with Crippen molar-refractivity contribution in [2.75, 3.05) is 6.54 Å². The summed E-state index contributed by atoms with van der Waals surface area (Å²) in [6.07, 6.45) is 0. The Morgan fingerprint density at radius 3 is 2.21 bits per heavy atom. The van der Waals surface area contributed by atoms with Crippen LogP contribution >= 0.6 is 12.6 Å². The number of hydrogen-bond acceptors (Lipinski definition) is 2. The van der Waals surface area contributed by atoms with E-state index in [1.807, 2.05) is 44.2 Å². The summed E-state index contributed by atoms with van der Waals surface area (Å²) in [5, 5.41) is -0.0869. The number of nitrogens with two attached hydrogens (primary N) is 1. The first-order valence-corrected chi connectivity index (χ1v) is 5.06. The van der Waals surface area contributed by atoms with Gasteiger partial charge in [-0.05, 0) is 12.1 Å². The lowest BCUT2D eigenvalue weighted by molar-refractivity contribution is -0.111. The zero-order valence-corrected chi connectivity index (χ0v) is 9.50. The number of benzene rings is 1. The van der Waals surface area contributed by atoms with Crippen LogP contribution in [-0.4, -0.2) is 11.7 Å². The molecule has 0 aliphatic carbocycles. The Balaban J connectivity index is 0.000000500. The lowest BCUT2D eigenvalue weighted by Crippen LogP contribution is -2.00. The second kappa shape index (κ2) is 7.59. The standard InChI is InChI=1S/C9H10OS.C2H7N/c1-7(9(10)11)8-5-3-2-4-6-8;1-2-3/h2-7H,1H3,(H,10,11);2-3H2,1H3. The topological polar surface area (TPSA) is 43.1 Å². The third-order valence-electron chi connectivity index (χ3n) is 1.67. The van der Waals surface area contributed by atoms with Gasteiger partial charge in [0.25, 0.3) is 0 Å². The van der Waals surface area contributed by atoms with Gasteiger partial charge in [-0.1, -0.05) is 44.2 Å². The average Bonchev–Trinajstić information content (AvgIpc) is 2.19. The van der Waals surface area contributed by atoms with E-state index in [1.165, 1.54) is 0 Å². The van der Waals surface area contributed by atoms with Crippen LogP contribution in [0.4, 0.5) is 0 Å². The van der Waals surface area contributed by atoms with Crippen LogP contribution < -0.4 is 5.73 Å². The maximum Gasteiger partial charge on any atom is 0.193 e. The SMILES string of the molecule is CC(C(=O)S)c1ccccc1.CCN. The van der Waals surface area contributed by atoms with Crippen molar-refractivity contribution in [2.45, 2.75) is 19.8 Å². The smallest absolute Gasteiger partial charge is 0.193 e. The third-order valence-corrected chi connectivity index (χ3v) is 2.06. The average molecular weight is 211 g/mol. The molecule has 1 aromatic rings. The molecule has 0 bridgehead atoms. The van der Waals surface area contributed by atoms with Crippen molar-refractivity contribution < 1.29 is 4.79 Å². The van der Waals surface area contributed by atoms with Gasteiger partial charge in [0.1, 0.15) is 0 Å². The van der Waals surface area contributed by atoms with E-state index in [2.05, 4.69) is 12.6 Å². The van der Waals surface area contributed by atoms with Crippen molar-refractivity contribution in [3.63, 3.8) is 0 Å². The van der Waals surface area contributed by atoms with Crippen molar-refractivity contribution in [1.82, 2.24) is 0 Å². The number of hydrogen-bond donors (Lipinski definition) is 2. The highest BCUT2D eigenvalue weighted by Crippen LogP contribution is 2.16. The van der Waals surface area contributed by atoms with Crippen LogP contribution in [0.2, 0.25) is 0 Å². The van der Waals surface area contributed by atoms with Crippen LogP contribution in [0.1, 0.15) is 25.3 Å². The van der Waals surface area contributed by atoms with Crippen LogP contribution in [0.3, 0.4) is 0 Å². The summed E-state index contributed by atoms with van der Waals surface area (Å²) in [4.78, 5) is 10.8. The summed E-state index contributed by atoms with van der Waals surface area (Å²) < 4.78 is 0. The van der Waals surface area contributed by atoms with E-state index in [0.717, 1.165) is 12.1 Å². The molecule has 1 rings (SSSR count). The molecule has 0 spiro atoms.